The second-order valence-electron chi connectivity index (χ2n) is 6.49. The molecule has 0 aliphatic heterocycles. The van der Waals surface area contributed by atoms with Gasteiger partial charge in [0.25, 0.3) is 0 Å². The minimum Gasteiger partial charge on any atom is -0.296 e. The van der Waals surface area contributed by atoms with Crippen LogP contribution in [0.1, 0.15) is 0 Å². The van der Waals surface area contributed by atoms with Crippen LogP contribution in [-0.4, -0.2) is 46.7 Å². The van der Waals surface area contributed by atoms with Crippen molar-refractivity contribution in [2.24, 2.45) is 0 Å². The molecule has 0 aliphatic rings. The quantitative estimate of drug-likeness (QED) is 0.334. The van der Waals surface area contributed by atoms with E-state index in [0.29, 0.717) is 0 Å². The monoisotopic (exact) mass is 590 g/mol. The number of benzene rings is 1. The smallest absolute Gasteiger partial charge is 0.296 e. The van der Waals surface area contributed by atoms with E-state index >= 15 is 0 Å². The van der Waals surface area contributed by atoms with Gasteiger partial charge in [0.2, 0.25) is 0 Å². The lowest BCUT2D eigenvalue weighted by molar-refractivity contribution is -0.435. The first-order valence-corrected chi connectivity index (χ1v) is 9.84. The third-order valence-electron chi connectivity index (χ3n) is 4.16. The van der Waals surface area contributed by atoms with Crippen molar-refractivity contribution >= 4 is 45.6 Å². The maximum absolute atomic E-state index is 13.9. The normalized spacial score (nSPS) is 14.3. The lowest BCUT2D eigenvalue weighted by Gasteiger charge is -2.39. The Labute approximate surface area is 198 Å². The van der Waals surface area contributed by atoms with Crippen molar-refractivity contribution in [1.29, 1.82) is 0 Å². The van der Waals surface area contributed by atoms with E-state index in [1.165, 1.54) is 18.2 Å². The molecule has 196 valence electrons. The minimum atomic E-state index is -8.10. The molecule has 35 heavy (non-hydrogen) atoms. The number of carbonyl (C=O) groups is 1. The second kappa shape index (κ2) is 8.83. The Morgan fingerprint density at radius 3 is 1.77 bits per heavy atom. The first kappa shape index (κ1) is 29.2. The Balaban J connectivity index is 2.37. The summed E-state index contributed by atoms with van der Waals surface area (Å²) < 4.78 is 171. The molecule has 0 fully saturated rings. The lowest BCUT2D eigenvalue weighted by Crippen LogP contribution is -2.71. The fourth-order valence-corrected chi connectivity index (χ4v) is 3.22. The number of anilines is 1. The molecule has 0 unspecified atom stereocenters. The van der Waals surface area contributed by atoms with Gasteiger partial charge >= 0.3 is 41.7 Å². The van der Waals surface area contributed by atoms with E-state index in [4.69, 9.17) is 23.2 Å². The van der Waals surface area contributed by atoms with Crippen molar-refractivity contribution in [3.05, 3.63) is 33.6 Å². The number of thiazole rings is 1. The summed E-state index contributed by atoms with van der Waals surface area (Å²) in [6.07, 6.45) is -7.55. The van der Waals surface area contributed by atoms with E-state index in [9.17, 15) is 61.9 Å². The first-order valence-electron chi connectivity index (χ1n) is 8.20. The molecule has 0 radical (unpaired) electrons. The van der Waals surface area contributed by atoms with Crippen LogP contribution >= 0.6 is 34.5 Å². The first-order chi connectivity index (χ1) is 15.5. The highest BCUT2D eigenvalue weighted by atomic mass is 35.5. The van der Waals surface area contributed by atoms with Gasteiger partial charge in [-0.25, -0.2) is 4.98 Å². The SMILES string of the molecule is O=C(Nc1nc(-c2ccc(Cl)c(Cl)c2)cs1)C(F)(F)C(F)(F)C(F)(F)C(F)(F)C(F)(F)C(F)(F)F. The van der Waals surface area contributed by atoms with Crippen LogP contribution in [-0.2, 0) is 4.79 Å². The Hall–Kier alpha value is -2.01. The van der Waals surface area contributed by atoms with E-state index in [0.717, 1.165) is 10.7 Å². The van der Waals surface area contributed by atoms with Crippen LogP contribution in [0.3, 0.4) is 0 Å². The average molecular weight is 591 g/mol. The van der Waals surface area contributed by atoms with Crippen LogP contribution < -0.4 is 5.32 Å². The number of rotatable bonds is 7. The number of nitrogens with one attached hydrogen (secondary N) is 1. The topological polar surface area (TPSA) is 42.0 Å². The predicted octanol–water partition coefficient (Wildman–Crippen LogP) is 7.79. The standard InChI is InChI=1S/C16H5Cl2F13N2OS/c17-6-2-1-5(3-7(6)18)8-4-35-10(32-8)33-9(34)11(19,20)12(21,22)13(23,24)14(25,26)15(27,28)16(29,30)31/h1-4H,(H,32,33,34). The highest BCUT2D eigenvalue weighted by molar-refractivity contribution is 7.14. The molecule has 2 aromatic rings. The Morgan fingerprint density at radius 1 is 0.771 bits per heavy atom. The zero-order valence-corrected chi connectivity index (χ0v) is 18.1. The van der Waals surface area contributed by atoms with E-state index < -0.39 is 46.8 Å². The largest absolute Gasteiger partial charge is 0.460 e. The molecule has 19 heteroatoms. The molecular formula is C16H5Cl2F13N2OS. The summed E-state index contributed by atoms with van der Waals surface area (Å²) in [4.78, 5) is 15.0. The zero-order valence-electron chi connectivity index (χ0n) is 15.7. The molecule has 0 atom stereocenters. The van der Waals surface area contributed by atoms with Crippen LogP contribution in [0.15, 0.2) is 23.6 Å². The summed E-state index contributed by atoms with van der Waals surface area (Å²) in [7, 11) is 0. The fraction of sp³-hybridized carbons (Fsp3) is 0.375. The summed E-state index contributed by atoms with van der Waals surface area (Å²) >= 11 is 11.6. The lowest BCUT2D eigenvalue weighted by atomic mass is 9.93. The van der Waals surface area contributed by atoms with Gasteiger partial charge < -0.3 is 0 Å². The molecule has 1 N–H and O–H groups in total. The van der Waals surface area contributed by atoms with Gasteiger partial charge in [0, 0.05) is 10.9 Å². The summed E-state index contributed by atoms with van der Waals surface area (Å²) in [5.74, 6) is -42.2. The number of carbonyl (C=O) groups excluding carboxylic acids is 1. The number of hydrogen-bond acceptors (Lipinski definition) is 3. The Morgan fingerprint density at radius 2 is 1.29 bits per heavy atom. The van der Waals surface area contributed by atoms with Crippen molar-refractivity contribution < 1.29 is 61.9 Å². The summed E-state index contributed by atoms with van der Waals surface area (Å²) in [5.41, 5.74) is -0.0468. The second-order valence-corrected chi connectivity index (χ2v) is 8.16. The van der Waals surface area contributed by atoms with Gasteiger partial charge in [0.15, 0.2) is 5.13 Å². The third-order valence-corrected chi connectivity index (χ3v) is 5.66. The summed E-state index contributed by atoms with van der Waals surface area (Å²) in [5, 5.41) is 0.919. The molecule has 0 saturated heterocycles. The van der Waals surface area contributed by atoms with E-state index in [1.807, 2.05) is 0 Å². The predicted molar refractivity (Wildman–Crippen MR) is 97.0 cm³/mol. The van der Waals surface area contributed by atoms with Crippen LogP contribution in [0.25, 0.3) is 11.3 Å². The fourth-order valence-electron chi connectivity index (χ4n) is 2.21. The number of hydrogen-bond donors (Lipinski definition) is 1. The molecular weight excluding hydrogens is 586 g/mol. The third kappa shape index (κ3) is 4.61. The van der Waals surface area contributed by atoms with E-state index in [-0.39, 0.29) is 32.6 Å². The maximum Gasteiger partial charge on any atom is 0.460 e. The van der Waals surface area contributed by atoms with Gasteiger partial charge in [0.05, 0.1) is 15.7 Å². The van der Waals surface area contributed by atoms with Crippen LogP contribution in [0.5, 0.6) is 0 Å². The molecule has 1 heterocycles. The van der Waals surface area contributed by atoms with E-state index in [1.54, 1.807) is 0 Å². The molecule has 0 aliphatic carbocycles. The van der Waals surface area contributed by atoms with Gasteiger partial charge in [-0.1, -0.05) is 29.3 Å². The molecule has 1 aromatic heterocycles. The van der Waals surface area contributed by atoms with Crippen molar-refractivity contribution in [2.75, 3.05) is 5.32 Å². The highest BCUT2D eigenvalue weighted by Crippen LogP contribution is 2.60. The molecule has 1 aromatic carbocycles. The van der Waals surface area contributed by atoms with Gasteiger partial charge in [-0.3, -0.25) is 10.1 Å². The van der Waals surface area contributed by atoms with E-state index in [2.05, 4.69) is 4.98 Å². The van der Waals surface area contributed by atoms with Crippen molar-refractivity contribution in [1.82, 2.24) is 4.98 Å². The molecule has 0 bridgehead atoms. The van der Waals surface area contributed by atoms with Gasteiger partial charge in [-0.15, -0.1) is 11.3 Å². The average Bonchev–Trinajstić information content (AvgIpc) is 3.17. The highest BCUT2D eigenvalue weighted by Gasteiger charge is 2.91. The number of aromatic nitrogens is 1. The van der Waals surface area contributed by atoms with Gasteiger partial charge in [0.1, 0.15) is 0 Å². The van der Waals surface area contributed by atoms with Crippen LogP contribution in [0.2, 0.25) is 10.0 Å². The molecule has 0 spiro atoms. The van der Waals surface area contributed by atoms with Gasteiger partial charge in [-0.05, 0) is 12.1 Å². The van der Waals surface area contributed by atoms with Crippen LogP contribution in [0, 0.1) is 0 Å². The summed E-state index contributed by atoms with van der Waals surface area (Å²) in [6, 6.07) is 3.68. The van der Waals surface area contributed by atoms with Crippen molar-refractivity contribution in [3.63, 3.8) is 0 Å². The molecule has 1 amide bonds. The molecule has 0 saturated carbocycles. The number of amides is 1. The molecule has 3 nitrogen and oxygen atoms in total. The van der Waals surface area contributed by atoms with Gasteiger partial charge in [-0.2, -0.15) is 57.1 Å². The van der Waals surface area contributed by atoms with Crippen molar-refractivity contribution in [2.45, 2.75) is 35.8 Å². The summed E-state index contributed by atoms with van der Waals surface area (Å²) in [6.45, 7) is 0. The number of halogens is 15. The zero-order chi connectivity index (χ0) is 27.4. The van der Waals surface area contributed by atoms with Crippen molar-refractivity contribution in [3.8, 4) is 11.3 Å². The Kier molecular flexibility index (Phi) is 7.37. The maximum atomic E-state index is 13.9. The minimum absolute atomic E-state index is 0.0345. The Bertz CT molecular complexity index is 1120. The van der Waals surface area contributed by atoms with Crippen LogP contribution in [0.4, 0.5) is 62.2 Å². The molecule has 2 rings (SSSR count). The number of alkyl halides is 13. The number of nitrogens with zero attached hydrogens (tertiary/aromatic N) is 1.